The number of thiazole rings is 1. The lowest BCUT2D eigenvalue weighted by atomic mass is 10.1. The number of hydrogen-bond donors (Lipinski definition) is 1. The van der Waals surface area contributed by atoms with Crippen molar-refractivity contribution >= 4 is 57.6 Å². The number of carbonyl (C=O) groups is 1. The van der Waals surface area contributed by atoms with Crippen LogP contribution in [0.2, 0.25) is 10.3 Å². The molecule has 2 aromatic rings. The van der Waals surface area contributed by atoms with Gasteiger partial charge < -0.3 is 9.84 Å². The molecule has 2 aromatic heterocycles. The number of pyridine rings is 1. The topological polar surface area (TPSA) is 84.7 Å². The lowest BCUT2D eigenvalue weighted by Crippen LogP contribution is -2.11. The van der Waals surface area contributed by atoms with Crippen molar-refractivity contribution in [3.05, 3.63) is 43.9 Å². The molecule has 0 aliphatic heterocycles. The van der Waals surface area contributed by atoms with Crippen LogP contribution in [-0.2, 0) is 9.53 Å². The Labute approximate surface area is 163 Å². The van der Waals surface area contributed by atoms with E-state index in [2.05, 4.69) is 15.0 Å². The van der Waals surface area contributed by atoms with Crippen LogP contribution in [0.4, 0.5) is 9.52 Å². The summed E-state index contributed by atoms with van der Waals surface area (Å²) in [6.07, 6.45) is 1.09. The van der Waals surface area contributed by atoms with Crippen molar-refractivity contribution in [3.8, 4) is 0 Å². The molecular weight excluding hydrogens is 404 g/mol. The van der Waals surface area contributed by atoms with Crippen LogP contribution in [0.25, 0.3) is 5.76 Å². The number of hydrogen-bond acceptors (Lipinski definition) is 7. The number of aryl methyl sites for hydroxylation is 2. The average Bonchev–Trinajstić information content (AvgIpc) is 2.89. The third kappa shape index (κ3) is 4.57. The van der Waals surface area contributed by atoms with Crippen LogP contribution < -0.4 is 0 Å². The molecule has 0 saturated heterocycles. The molecule has 0 aromatic carbocycles. The van der Waals surface area contributed by atoms with Crippen LogP contribution >= 0.6 is 34.5 Å². The number of halogens is 3. The molecule has 1 N–H and O–H groups in total. The molecule has 26 heavy (non-hydrogen) atoms. The molecule has 138 valence electrons. The summed E-state index contributed by atoms with van der Waals surface area (Å²) in [4.78, 5) is 25.0. The number of aliphatic hydroxyl groups is 1. The van der Waals surface area contributed by atoms with E-state index in [-0.39, 0.29) is 22.9 Å². The van der Waals surface area contributed by atoms with Gasteiger partial charge in [-0.05, 0) is 26.8 Å². The number of aliphatic hydroxyl groups excluding tert-OH is 1. The summed E-state index contributed by atoms with van der Waals surface area (Å²) < 4.78 is 18.6. The van der Waals surface area contributed by atoms with Crippen LogP contribution in [0.3, 0.4) is 0 Å². The molecule has 0 amide bonds. The maximum atomic E-state index is 13.7. The molecule has 0 saturated carbocycles. The SMILES string of the molecule is CCOC(=O)C(/C=N/c1nc(C)c(C)s1)=C(/O)c1cc(F)c(Cl)nc1Cl. The lowest BCUT2D eigenvalue weighted by molar-refractivity contribution is -0.137. The number of aromatic nitrogens is 2. The maximum absolute atomic E-state index is 13.7. The number of esters is 1. The Morgan fingerprint density at radius 3 is 2.65 bits per heavy atom. The van der Waals surface area contributed by atoms with Crippen molar-refractivity contribution < 1.29 is 19.0 Å². The molecule has 0 fully saturated rings. The van der Waals surface area contributed by atoms with E-state index in [9.17, 15) is 14.3 Å². The minimum Gasteiger partial charge on any atom is -0.506 e. The summed E-state index contributed by atoms with van der Waals surface area (Å²) in [7, 11) is 0. The van der Waals surface area contributed by atoms with Crippen LogP contribution in [-0.4, -0.2) is 33.9 Å². The van der Waals surface area contributed by atoms with E-state index in [0.29, 0.717) is 5.13 Å². The average molecular weight is 418 g/mol. The Bertz CT molecular complexity index is 893. The minimum atomic E-state index is -0.899. The highest BCUT2D eigenvalue weighted by molar-refractivity contribution is 7.15. The molecular formula is C16H14Cl2FN3O3S. The lowest BCUT2D eigenvalue weighted by Gasteiger charge is -2.08. The Hall–Kier alpha value is -2.03. The van der Waals surface area contributed by atoms with Crippen molar-refractivity contribution in [2.24, 2.45) is 4.99 Å². The van der Waals surface area contributed by atoms with Gasteiger partial charge in [-0.25, -0.2) is 24.1 Å². The van der Waals surface area contributed by atoms with Gasteiger partial charge in [-0.15, -0.1) is 0 Å². The fraction of sp³-hybridized carbons (Fsp3) is 0.250. The molecule has 0 atom stereocenters. The van der Waals surface area contributed by atoms with E-state index >= 15 is 0 Å². The first-order chi connectivity index (χ1) is 12.2. The molecule has 0 aliphatic carbocycles. The highest BCUT2D eigenvalue weighted by atomic mass is 35.5. The highest BCUT2D eigenvalue weighted by Crippen LogP contribution is 2.28. The highest BCUT2D eigenvalue weighted by Gasteiger charge is 2.21. The minimum absolute atomic E-state index is 0.0693. The standard InChI is InChI=1S/C16H14Cl2FN3O3S/c1-4-25-15(24)10(6-20-16-21-7(2)8(3)26-16)12(23)9-5-11(19)14(18)22-13(9)17/h5-6,23H,4H2,1-3H3/b12-10+,20-6+. The number of rotatable bonds is 5. The Kier molecular flexibility index (Phi) is 6.69. The third-order valence-corrected chi connectivity index (χ3v) is 4.75. The summed E-state index contributed by atoms with van der Waals surface area (Å²) in [6, 6.07) is 0.873. The summed E-state index contributed by atoms with van der Waals surface area (Å²) in [5.41, 5.74) is 0.275. The molecule has 0 bridgehead atoms. The van der Waals surface area contributed by atoms with Gasteiger partial charge in [0.25, 0.3) is 0 Å². The monoisotopic (exact) mass is 417 g/mol. The van der Waals surface area contributed by atoms with Gasteiger partial charge in [-0.3, -0.25) is 0 Å². The van der Waals surface area contributed by atoms with Crippen molar-refractivity contribution in [2.45, 2.75) is 20.8 Å². The van der Waals surface area contributed by atoms with Crippen LogP contribution in [0, 0.1) is 19.7 Å². The zero-order valence-corrected chi connectivity index (χ0v) is 16.3. The smallest absolute Gasteiger partial charge is 0.343 e. The maximum Gasteiger partial charge on any atom is 0.343 e. The number of nitrogens with zero attached hydrogens (tertiary/aromatic N) is 3. The molecule has 2 rings (SSSR count). The van der Waals surface area contributed by atoms with E-state index in [1.54, 1.807) is 6.92 Å². The second kappa shape index (κ2) is 8.57. The molecule has 0 unspecified atom stereocenters. The quantitative estimate of drug-likeness (QED) is 0.247. The fourth-order valence-corrected chi connectivity index (χ4v) is 2.97. The molecule has 0 radical (unpaired) electrons. The van der Waals surface area contributed by atoms with Crippen LogP contribution in [0.15, 0.2) is 16.6 Å². The largest absolute Gasteiger partial charge is 0.506 e. The first kappa shape index (κ1) is 20.3. The number of aliphatic imine (C=N–C) groups is 1. The second-order valence-corrected chi connectivity index (χ2v) is 6.88. The van der Waals surface area contributed by atoms with Gasteiger partial charge in [0.2, 0.25) is 5.13 Å². The van der Waals surface area contributed by atoms with Gasteiger partial charge in [0.05, 0.1) is 17.9 Å². The summed E-state index contributed by atoms with van der Waals surface area (Å²) in [5, 5.41) is 10.1. The summed E-state index contributed by atoms with van der Waals surface area (Å²) >= 11 is 12.8. The van der Waals surface area contributed by atoms with Gasteiger partial charge in [0.15, 0.2) is 11.0 Å². The fourth-order valence-electron chi connectivity index (χ4n) is 1.81. The second-order valence-electron chi connectivity index (χ2n) is 4.98. The van der Waals surface area contributed by atoms with E-state index in [1.807, 2.05) is 13.8 Å². The van der Waals surface area contributed by atoms with Crippen molar-refractivity contribution in [3.63, 3.8) is 0 Å². The van der Waals surface area contributed by atoms with Crippen LogP contribution in [0.1, 0.15) is 23.1 Å². The van der Waals surface area contributed by atoms with Gasteiger partial charge in [0.1, 0.15) is 16.5 Å². The molecule has 2 heterocycles. The Balaban J connectivity index is 2.54. The molecule has 0 spiro atoms. The zero-order chi connectivity index (χ0) is 19.4. The molecule has 0 aliphatic rings. The van der Waals surface area contributed by atoms with E-state index < -0.39 is 22.7 Å². The normalized spacial score (nSPS) is 12.4. The van der Waals surface area contributed by atoms with Gasteiger partial charge in [0, 0.05) is 11.1 Å². The Morgan fingerprint density at radius 2 is 2.08 bits per heavy atom. The third-order valence-electron chi connectivity index (χ3n) is 3.21. The summed E-state index contributed by atoms with van der Waals surface area (Å²) in [5.74, 6) is -2.39. The van der Waals surface area contributed by atoms with Gasteiger partial charge in [-0.2, -0.15) is 0 Å². The van der Waals surface area contributed by atoms with E-state index in [1.165, 1.54) is 11.3 Å². The van der Waals surface area contributed by atoms with Gasteiger partial charge >= 0.3 is 5.97 Å². The first-order valence-electron chi connectivity index (χ1n) is 7.35. The van der Waals surface area contributed by atoms with Crippen LogP contribution in [0.5, 0.6) is 0 Å². The zero-order valence-electron chi connectivity index (χ0n) is 14.0. The molecule has 6 nitrogen and oxygen atoms in total. The predicted molar refractivity (Wildman–Crippen MR) is 100 cm³/mol. The number of ether oxygens (including phenoxy) is 1. The summed E-state index contributed by atoms with van der Waals surface area (Å²) in [6.45, 7) is 5.38. The Morgan fingerprint density at radius 1 is 1.38 bits per heavy atom. The van der Waals surface area contributed by atoms with Crippen molar-refractivity contribution in [1.29, 1.82) is 0 Å². The number of carbonyl (C=O) groups excluding carboxylic acids is 1. The first-order valence-corrected chi connectivity index (χ1v) is 8.92. The molecule has 10 heteroatoms. The van der Waals surface area contributed by atoms with Crippen molar-refractivity contribution in [1.82, 2.24) is 9.97 Å². The van der Waals surface area contributed by atoms with Crippen molar-refractivity contribution in [2.75, 3.05) is 6.61 Å². The van der Waals surface area contributed by atoms with Gasteiger partial charge in [-0.1, -0.05) is 34.5 Å². The van der Waals surface area contributed by atoms with E-state index in [4.69, 9.17) is 27.9 Å². The predicted octanol–water partition coefficient (Wildman–Crippen LogP) is 4.84. The van der Waals surface area contributed by atoms with E-state index in [0.717, 1.165) is 22.9 Å².